The lowest BCUT2D eigenvalue weighted by Gasteiger charge is -2.22. The molecule has 0 amide bonds. The third-order valence-electron chi connectivity index (χ3n) is 3.58. The van der Waals surface area contributed by atoms with Gasteiger partial charge in [-0.2, -0.15) is 5.10 Å². The van der Waals surface area contributed by atoms with Crippen molar-refractivity contribution in [3.63, 3.8) is 0 Å². The lowest BCUT2D eigenvalue weighted by Crippen LogP contribution is -2.19. The van der Waals surface area contributed by atoms with Crippen molar-refractivity contribution in [2.45, 2.75) is 25.7 Å². The van der Waals surface area contributed by atoms with Crippen molar-refractivity contribution in [3.05, 3.63) is 52.8 Å². The number of aryl methyl sites for hydroxylation is 1. The number of rotatable bonds is 1. The molecule has 1 aromatic carbocycles. The van der Waals surface area contributed by atoms with E-state index in [0.717, 1.165) is 35.5 Å². The van der Waals surface area contributed by atoms with Gasteiger partial charge >= 0.3 is 0 Å². The summed E-state index contributed by atoms with van der Waals surface area (Å²) in [5.41, 5.74) is 4.97. The molecule has 3 rings (SSSR count). The number of H-pyrrole nitrogens is 1. The smallest absolute Gasteiger partial charge is 0.0910 e. The minimum atomic E-state index is 0.340. The Labute approximate surface area is 105 Å². The maximum absolute atomic E-state index is 9.19. The fourth-order valence-corrected chi connectivity index (χ4v) is 2.70. The minimum Gasteiger partial charge on any atom is -0.411 e. The first-order valence-electron chi connectivity index (χ1n) is 6.09. The zero-order chi connectivity index (χ0) is 12.5. The third kappa shape index (κ3) is 1.70. The molecule has 1 aliphatic rings. The van der Waals surface area contributed by atoms with E-state index in [0.29, 0.717) is 5.92 Å². The van der Waals surface area contributed by atoms with Gasteiger partial charge in [-0.1, -0.05) is 35.5 Å². The molecule has 0 bridgehead atoms. The molecule has 1 atom stereocenters. The van der Waals surface area contributed by atoms with E-state index in [1.165, 1.54) is 5.56 Å². The Hall–Kier alpha value is -2.10. The van der Waals surface area contributed by atoms with Gasteiger partial charge in [0.1, 0.15) is 0 Å². The average Bonchev–Trinajstić information content (AvgIpc) is 2.81. The molecule has 2 aromatic rings. The van der Waals surface area contributed by atoms with E-state index < -0.39 is 0 Å². The van der Waals surface area contributed by atoms with Gasteiger partial charge in [0, 0.05) is 17.7 Å². The van der Waals surface area contributed by atoms with Crippen LogP contribution in [0.4, 0.5) is 0 Å². The first kappa shape index (κ1) is 11.0. The van der Waals surface area contributed by atoms with Gasteiger partial charge in [0.15, 0.2) is 0 Å². The van der Waals surface area contributed by atoms with Crippen LogP contribution in [-0.4, -0.2) is 21.1 Å². The molecule has 92 valence electrons. The standard InChI is InChI=1S/C14H15N3O/c1-9-14-12(16-15-9)7-11(8-13(14)17-18)10-5-3-2-4-6-10/h2-6,11,18H,7-8H2,1H3,(H,15,16)/b17-13+/t11-/m0/s1. The van der Waals surface area contributed by atoms with E-state index in [9.17, 15) is 5.21 Å². The Morgan fingerprint density at radius 2 is 2.06 bits per heavy atom. The molecule has 4 nitrogen and oxygen atoms in total. The van der Waals surface area contributed by atoms with Crippen LogP contribution in [-0.2, 0) is 6.42 Å². The zero-order valence-corrected chi connectivity index (χ0v) is 10.2. The number of oxime groups is 1. The molecule has 0 saturated carbocycles. The number of nitrogens with one attached hydrogen (secondary N) is 1. The van der Waals surface area contributed by atoms with E-state index in [-0.39, 0.29) is 0 Å². The van der Waals surface area contributed by atoms with Crippen molar-refractivity contribution in [3.8, 4) is 0 Å². The van der Waals surface area contributed by atoms with Gasteiger partial charge in [-0.15, -0.1) is 0 Å². The second-order valence-electron chi connectivity index (χ2n) is 4.73. The predicted octanol–water partition coefficient (Wildman–Crippen LogP) is 2.63. The Balaban J connectivity index is 2.01. The lowest BCUT2D eigenvalue weighted by atomic mass is 9.81. The molecule has 1 aromatic heterocycles. The molecule has 4 heteroatoms. The van der Waals surface area contributed by atoms with Crippen LogP contribution in [0, 0.1) is 6.92 Å². The van der Waals surface area contributed by atoms with Crippen molar-refractivity contribution < 1.29 is 5.21 Å². The normalized spacial score (nSPS) is 20.9. The monoisotopic (exact) mass is 241 g/mol. The summed E-state index contributed by atoms with van der Waals surface area (Å²) in [4.78, 5) is 0. The predicted molar refractivity (Wildman–Crippen MR) is 69.2 cm³/mol. The topological polar surface area (TPSA) is 61.3 Å². The number of aromatic amines is 1. The summed E-state index contributed by atoms with van der Waals surface area (Å²) in [5.74, 6) is 0.340. The summed E-state index contributed by atoms with van der Waals surface area (Å²) in [6.45, 7) is 1.96. The third-order valence-corrected chi connectivity index (χ3v) is 3.58. The van der Waals surface area contributed by atoms with E-state index in [1.54, 1.807) is 0 Å². The molecule has 0 spiro atoms. The highest BCUT2D eigenvalue weighted by molar-refractivity contribution is 6.03. The molecule has 0 fully saturated rings. The summed E-state index contributed by atoms with van der Waals surface area (Å²) < 4.78 is 0. The second-order valence-corrected chi connectivity index (χ2v) is 4.73. The first-order valence-corrected chi connectivity index (χ1v) is 6.09. The van der Waals surface area contributed by atoms with Gasteiger partial charge in [0.05, 0.1) is 11.4 Å². The zero-order valence-electron chi connectivity index (χ0n) is 10.2. The van der Waals surface area contributed by atoms with Crippen LogP contribution in [0.25, 0.3) is 0 Å². The summed E-state index contributed by atoms with van der Waals surface area (Å²) in [6.07, 6.45) is 1.65. The van der Waals surface area contributed by atoms with Crippen LogP contribution in [0.1, 0.15) is 34.9 Å². The SMILES string of the molecule is Cc1[nH]nc2c1/C(=N/O)C[C@@H](c1ccccc1)C2. The molecule has 0 saturated heterocycles. The van der Waals surface area contributed by atoms with Gasteiger partial charge in [0.25, 0.3) is 0 Å². The van der Waals surface area contributed by atoms with Crippen molar-refractivity contribution >= 4 is 5.71 Å². The van der Waals surface area contributed by atoms with Crippen molar-refractivity contribution in [1.29, 1.82) is 0 Å². The molecular weight excluding hydrogens is 226 g/mol. The number of fused-ring (bicyclic) bond motifs is 1. The highest BCUT2D eigenvalue weighted by atomic mass is 16.4. The molecule has 0 radical (unpaired) electrons. The number of benzene rings is 1. The maximum Gasteiger partial charge on any atom is 0.0910 e. The molecule has 1 aliphatic carbocycles. The van der Waals surface area contributed by atoms with Crippen LogP contribution in [0.15, 0.2) is 35.5 Å². The fourth-order valence-electron chi connectivity index (χ4n) is 2.70. The summed E-state index contributed by atoms with van der Waals surface area (Å²) in [7, 11) is 0. The maximum atomic E-state index is 9.19. The summed E-state index contributed by atoms with van der Waals surface area (Å²) in [5, 5.41) is 19.9. The highest BCUT2D eigenvalue weighted by Gasteiger charge is 2.28. The molecular formula is C14H15N3O. The number of aromatic nitrogens is 2. The Morgan fingerprint density at radius 1 is 1.28 bits per heavy atom. The van der Waals surface area contributed by atoms with Crippen LogP contribution in [0.3, 0.4) is 0 Å². The van der Waals surface area contributed by atoms with Crippen molar-refractivity contribution in [2.24, 2.45) is 5.16 Å². The van der Waals surface area contributed by atoms with E-state index >= 15 is 0 Å². The van der Waals surface area contributed by atoms with Crippen molar-refractivity contribution in [1.82, 2.24) is 10.2 Å². The highest BCUT2D eigenvalue weighted by Crippen LogP contribution is 2.33. The summed E-state index contributed by atoms with van der Waals surface area (Å²) >= 11 is 0. The fraction of sp³-hybridized carbons (Fsp3) is 0.286. The molecule has 2 N–H and O–H groups in total. The van der Waals surface area contributed by atoms with Crippen LogP contribution >= 0.6 is 0 Å². The minimum absolute atomic E-state index is 0.340. The number of hydrogen-bond acceptors (Lipinski definition) is 3. The second kappa shape index (κ2) is 4.29. The Bertz CT molecular complexity index is 586. The number of nitrogens with zero attached hydrogens (tertiary/aromatic N) is 2. The van der Waals surface area contributed by atoms with E-state index in [2.05, 4.69) is 27.5 Å². The Kier molecular flexibility index (Phi) is 2.63. The molecule has 1 heterocycles. The number of hydrogen-bond donors (Lipinski definition) is 2. The van der Waals surface area contributed by atoms with Gasteiger partial charge < -0.3 is 5.21 Å². The van der Waals surface area contributed by atoms with Crippen molar-refractivity contribution in [2.75, 3.05) is 0 Å². The van der Waals surface area contributed by atoms with Crippen LogP contribution in [0.5, 0.6) is 0 Å². The van der Waals surface area contributed by atoms with Gasteiger partial charge in [-0.3, -0.25) is 5.10 Å². The van der Waals surface area contributed by atoms with Gasteiger partial charge in [-0.25, -0.2) is 0 Å². The molecule has 0 unspecified atom stereocenters. The van der Waals surface area contributed by atoms with Gasteiger partial charge in [-0.05, 0) is 24.8 Å². The quantitative estimate of drug-likeness (QED) is 0.595. The average molecular weight is 241 g/mol. The van der Waals surface area contributed by atoms with Crippen LogP contribution < -0.4 is 0 Å². The van der Waals surface area contributed by atoms with E-state index in [4.69, 9.17) is 0 Å². The molecule has 18 heavy (non-hydrogen) atoms. The summed E-state index contributed by atoms with van der Waals surface area (Å²) in [6, 6.07) is 10.3. The largest absolute Gasteiger partial charge is 0.411 e. The lowest BCUT2D eigenvalue weighted by molar-refractivity contribution is 0.317. The van der Waals surface area contributed by atoms with Gasteiger partial charge in [0.2, 0.25) is 0 Å². The first-order chi connectivity index (χ1) is 8.79. The van der Waals surface area contributed by atoms with Crippen LogP contribution in [0.2, 0.25) is 0 Å². The molecule has 0 aliphatic heterocycles. The van der Waals surface area contributed by atoms with E-state index in [1.807, 2.05) is 25.1 Å². The Morgan fingerprint density at radius 3 is 2.78 bits per heavy atom.